The van der Waals surface area contributed by atoms with Crippen molar-refractivity contribution in [2.24, 2.45) is 5.92 Å². The summed E-state index contributed by atoms with van der Waals surface area (Å²) in [6, 6.07) is 9.05. The highest BCUT2D eigenvalue weighted by atomic mass is 32.1. The predicted octanol–water partition coefficient (Wildman–Crippen LogP) is 3.65. The second-order valence-electron chi connectivity index (χ2n) is 5.42. The number of carbonyl (C=O) groups is 1. The Hall–Kier alpha value is -1.65. The molecule has 0 unspecified atom stereocenters. The molecule has 1 aromatic carbocycles. The fraction of sp³-hybridized carbons (Fsp3) is 0.353. The molecule has 1 aromatic heterocycles. The number of phenols is 1. The highest BCUT2D eigenvalue weighted by Crippen LogP contribution is 2.27. The summed E-state index contributed by atoms with van der Waals surface area (Å²) in [7, 11) is 0. The van der Waals surface area contributed by atoms with Crippen molar-refractivity contribution < 1.29 is 14.6 Å². The number of aromatic hydroxyl groups is 1. The van der Waals surface area contributed by atoms with E-state index in [1.54, 1.807) is 18.2 Å². The van der Waals surface area contributed by atoms with E-state index in [1.807, 2.05) is 17.5 Å². The van der Waals surface area contributed by atoms with Crippen LogP contribution >= 0.6 is 11.3 Å². The standard InChI is InChI=1S/C17H18O3S/c18-15-11-13(10-12-5-7-20-8-6-12)3-4-14(15)17(19)16-2-1-9-21-16/h1-4,9,11-12,18H,5-8,10H2. The minimum absolute atomic E-state index is 0.0814. The summed E-state index contributed by atoms with van der Waals surface area (Å²) >= 11 is 1.39. The van der Waals surface area contributed by atoms with Gasteiger partial charge in [0, 0.05) is 13.2 Å². The molecule has 1 N–H and O–H groups in total. The first kappa shape index (κ1) is 14.3. The molecule has 0 bridgehead atoms. The van der Waals surface area contributed by atoms with Gasteiger partial charge in [-0.05, 0) is 54.3 Å². The maximum Gasteiger partial charge on any atom is 0.206 e. The second kappa shape index (κ2) is 6.41. The Kier molecular flexibility index (Phi) is 4.36. The van der Waals surface area contributed by atoms with Crippen molar-refractivity contribution in [2.75, 3.05) is 13.2 Å². The van der Waals surface area contributed by atoms with Crippen LogP contribution in [0.2, 0.25) is 0 Å². The molecule has 110 valence electrons. The van der Waals surface area contributed by atoms with E-state index < -0.39 is 0 Å². The van der Waals surface area contributed by atoms with Crippen LogP contribution in [0.4, 0.5) is 0 Å². The van der Waals surface area contributed by atoms with Crippen LogP contribution in [0.15, 0.2) is 35.7 Å². The summed E-state index contributed by atoms with van der Waals surface area (Å²) in [6.07, 6.45) is 3.07. The summed E-state index contributed by atoms with van der Waals surface area (Å²) in [5.74, 6) is 0.579. The summed E-state index contributed by atoms with van der Waals surface area (Å²) in [6.45, 7) is 1.65. The lowest BCUT2D eigenvalue weighted by atomic mass is 9.91. The molecule has 2 heterocycles. The Balaban J connectivity index is 1.75. The number of benzene rings is 1. The van der Waals surface area contributed by atoms with Crippen molar-refractivity contribution in [1.82, 2.24) is 0 Å². The van der Waals surface area contributed by atoms with Gasteiger partial charge >= 0.3 is 0 Å². The van der Waals surface area contributed by atoms with Gasteiger partial charge in [-0.15, -0.1) is 11.3 Å². The average Bonchev–Trinajstić information content (AvgIpc) is 3.02. The summed E-state index contributed by atoms with van der Waals surface area (Å²) < 4.78 is 5.36. The minimum Gasteiger partial charge on any atom is -0.507 e. The van der Waals surface area contributed by atoms with Gasteiger partial charge < -0.3 is 9.84 Å². The SMILES string of the molecule is O=C(c1cccs1)c1ccc(CC2CCOCC2)cc1O. The lowest BCUT2D eigenvalue weighted by molar-refractivity contribution is 0.0665. The molecule has 4 heteroatoms. The topological polar surface area (TPSA) is 46.5 Å². The van der Waals surface area contributed by atoms with Crippen molar-refractivity contribution in [3.05, 3.63) is 51.7 Å². The third kappa shape index (κ3) is 3.34. The highest BCUT2D eigenvalue weighted by Gasteiger charge is 2.17. The Bertz CT molecular complexity index is 613. The largest absolute Gasteiger partial charge is 0.507 e. The van der Waals surface area contributed by atoms with Crippen LogP contribution in [0.5, 0.6) is 5.75 Å². The quantitative estimate of drug-likeness (QED) is 0.877. The number of ketones is 1. The Morgan fingerprint density at radius 3 is 2.76 bits per heavy atom. The van der Waals surface area contributed by atoms with E-state index in [-0.39, 0.29) is 11.5 Å². The van der Waals surface area contributed by atoms with Crippen LogP contribution in [0, 0.1) is 5.92 Å². The van der Waals surface area contributed by atoms with Gasteiger partial charge in [-0.1, -0.05) is 12.1 Å². The van der Waals surface area contributed by atoms with E-state index in [0.717, 1.165) is 38.0 Å². The third-order valence-electron chi connectivity index (χ3n) is 3.92. The second-order valence-corrected chi connectivity index (χ2v) is 6.37. The molecule has 21 heavy (non-hydrogen) atoms. The fourth-order valence-corrected chi connectivity index (χ4v) is 3.40. The molecule has 3 rings (SSSR count). The predicted molar refractivity (Wildman–Crippen MR) is 83.1 cm³/mol. The number of rotatable bonds is 4. The molecule has 3 nitrogen and oxygen atoms in total. The molecular weight excluding hydrogens is 284 g/mol. The maximum atomic E-state index is 12.3. The molecule has 0 radical (unpaired) electrons. The Morgan fingerprint density at radius 1 is 1.29 bits per heavy atom. The van der Waals surface area contributed by atoms with Crippen LogP contribution in [-0.4, -0.2) is 24.1 Å². The summed E-state index contributed by atoms with van der Waals surface area (Å²) in [5.41, 5.74) is 1.47. The molecule has 0 aliphatic carbocycles. The van der Waals surface area contributed by atoms with Crippen molar-refractivity contribution in [2.45, 2.75) is 19.3 Å². The smallest absolute Gasteiger partial charge is 0.206 e. The first-order valence-electron chi connectivity index (χ1n) is 7.22. The first-order valence-corrected chi connectivity index (χ1v) is 8.10. The fourth-order valence-electron chi connectivity index (χ4n) is 2.72. The lowest BCUT2D eigenvalue weighted by Gasteiger charge is -2.22. The number of thiophene rings is 1. The summed E-state index contributed by atoms with van der Waals surface area (Å²) in [4.78, 5) is 12.9. The van der Waals surface area contributed by atoms with E-state index in [2.05, 4.69) is 0 Å². The van der Waals surface area contributed by atoms with Gasteiger partial charge in [-0.3, -0.25) is 4.79 Å². The number of carbonyl (C=O) groups excluding carboxylic acids is 1. The van der Waals surface area contributed by atoms with Crippen LogP contribution in [0.1, 0.15) is 33.6 Å². The number of phenolic OH excluding ortho intramolecular Hbond substituents is 1. The zero-order chi connectivity index (χ0) is 14.7. The lowest BCUT2D eigenvalue weighted by Crippen LogP contribution is -2.17. The van der Waals surface area contributed by atoms with Gasteiger partial charge in [-0.25, -0.2) is 0 Å². The molecule has 1 fully saturated rings. The van der Waals surface area contributed by atoms with E-state index in [9.17, 15) is 9.90 Å². The van der Waals surface area contributed by atoms with E-state index in [1.165, 1.54) is 11.3 Å². The monoisotopic (exact) mass is 302 g/mol. The molecule has 1 aliphatic rings. The minimum atomic E-state index is -0.111. The first-order chi connectivity index (χ1) is 10.2. The molecule has 0 amide bonds. The molecule has 2 aromatic rings. The highest BCUT2D eigenvalue weighted by molar-refractivity contribution is 7.12. The van der Waals surface area contributed by atoms with Gasteiger partial charge in [0.2, 0.25) is 5.78 Å². The zero-order valence-corrected chi connectivity index (χ0v) is 12.6. The van der Waals surface area contributed by atoms with Gasteiger partial charge in [0.1, 0.15) is 5.75 Å². The summed E-state index contributed by atoms with van der Waals surface area (Å²) in [5, 5.41) is 12.0. The number of ether oxygens (including phenoxy) is 1. The van der Waals surface area contributed by atoms with Crippen molar-refractivity contribution in [3.63, 3.8) is 0 Å². The van der Waals surface area contributed by atoms with Crippen molar-refractivity contribution in [1.29, 1.82) is 0 Å². The number of hydrogen-bond donors (Lipinski definition) is 1. The normalized spacial score (nSPS) is 16.0. The molecule has 0 spiro atoms. The molecule has 1 saturated heterocycles. The molecule has 0 atom stereocenters. The third-order valence-corrected chi connectivity index (χ3v) is 4.79. The van der Waals surface area contributed by atoms with Crippen LogP contribution in [-0.2, 0) is 11.2 Å². The van der Waals surface area contributed by atoms with Gasteiger partial charge in [-0.2, -0.15) is 0 Å². The van der Waals surface area contributed by atoms with Crippen molar-refractivity contribution in [3.8, 4) is 5.75 Å². The molecule has 0 saturated carbocycles. The van der Waals surface area contributed by atoms with Gasteiger partial charge in [0.05, 0.1) is 10.4 Å². The van der Waals surface area contributed by atoms with E-state index in [4.69, 9.17) is 4.74 Å². The average molecular weight is 302 g/mol. The van der Waals surface area contributed by atoms with Crippen LogP contribution in [0.3, 0.4) is 0 Å². The van der Waals surface area contributed by atoms with Crippen molar-refractivity contribution >= 4 is 17.1 Å². The Morgan fingerprint density at radius 2 is 2.10 bits per heavy atom. The zero-order valence-electron chi connectivity index (χ0n) is 11.7. The van der Waals surface area contributed by atoms with Gasteiger partial charge in [0.25, 0.3) is 0 Å². The van der Waals surface area contributed by atoms with Crippen LogP contribution < -0.4 is 0 Å². The van der Waals surface area contributed by atoms with E-state index >= 15 is 0 Å². The number of hydrogen-bond acceptors (Lipinski definition) is 4. The Labute approximate surface area is 128 Å². The van der Waals surface area contributed by atoms with Crippen LogP contribution in [0.25, 0.3) is 0 Å². The molecular formula is C17H18O3S. The van der Waals surface area contributed by atoms with E-state index in [0.29, 0.717) is 16.4 Å². The maximum absolute atomic E-state index is 12.3. The molecule has 1 aliphatic heterocycles. The van der Waals surface area contributed by atoms with Gasteiger partial charge in [0.15, 0.2) is 0 Å².